The normalized spacial score (nSPS) is 19.3. The largest absolute Gasteiger partial charge is 0.462 e. The number of H-pyrrole nitrogens is 1. The number of hydrogen-bond donors (Lipinski definition) is 1. The van der Waals surface area contributed by atoms with Crippen LogP contribution in [0.15, 0.2) is 9.95 Å². The van der Waals surface area contributed by atoms with Crippen molar-refractivity contribution in [2.45, 2.75) is 81.2 Å². The van der Waals surface area contributed by atoms with Gasteiger partial charge in [0.1, 0.15) is 16.2 Å². The summed E-state index contributed by atoms with van der Waals surface area (Å²) < 4.78 is 5.63. The molecule has 0 amide bonds. The van der Waals surface area contributed by atoms with Gasteiger partial charge in [0.25, 0.3) is 5.56 Å². The van der Waals surface area contributed by atoms with Crippen LogP contribution in [0.4, 0.5) is 0 Å². The number of hydrogen-bond acceptors (Lipinski definition) is 6. The third-order valence-electron chi connectivity index (χ3n) is 5.26. The molecule has 0 spiro atoms. The smallest absolute Gasteiger partial charge is 0.319 e. The fourth-order valence-electron chi connectivity index (χ4n) is 3.86. The number of aromatic nitrogens is 2. The molecule has 0 bridgehead atoms. The van der Waals surface area contributed by atoms with E-state index >= 15 is 0 Å². The molecule has 2 aliphatic carbocycles. The van der Waals surface area contributed by atoms with E-state index in [0.717, 1.165) is 55.2 Å². The predicted octanol–water partition coefficient (Wildman–Crippen LogP) is 4.22. The second-order valence-corrected chi connectivity index (χ2v) is 9.63. The van der Waals surface area contributed by atoms with Gasteiger partial charge < -0.3 is 9.72 Å². The van der Waals surface area contributed by atoms with Gasteiger partial charge in [-0.1, -0.05) is 18.2 Å². The van der Waals surface area contributed by atoms with Gasteiger partial charge in [0, 0.05) is 4.88 Å². The molecule has 2 aliphatic rings. The Kier molecular flexibility index (Phi) is 5.36. The highest BCUT2D eigenvalue weighted by Gasteiger charge is 2.24. The summed E-state index contributed by atoms with van der Waals surface area (Å²) in [5.74, 6) is -0.213. The molecule has 26 heavy (non-hydrogen) atoms. The molecular formula is C19H24N2O3S2. The summed E-state index contributed by atoms with van der Waals surface area (Å²) >= 11 is 2.91. The summed E-state index contributed by atoms with van der Waals surface area (Å²) in [5, 5.41) is 0.882. The standard InChI is InChI=1S/C19H24N2O3S2/c1-11(18(23)24-12-7-3-2-4-8-12)25-19-20-16(22)15-13-9-5-6-10-14(13)26-17(15)21-19/h11-12H,2-10H2,1H3,(H,20,21,22). The monoisotopic (exact) mass is 392 g/mol. The molecule has 2 aromatic rings. The number of ether oxygens (including phenoxy) is 1. The average molecular weight is 393 g/mol. The van der Waals surface area contributed by atoms with Crippen molar-refractivity contribution in [2.24, 2.45) is 0 Å². The van der Waals surface area contributed by atoms with Gasteiger partial charge in [-0.25, -0.2) is 4.98 Å². The Balaban J connectivity index is 1.49. The van der Waals surface area contributed by atoms with E-state index in [4.69, 9.17) is 4.74 Å². The van der Waals surface area contributed by atoms with E-state index in [1.54, 1.807) is 11.3 Å². The fraction of sp³-hybridized carbons (Fsp3) is 0.632. The van der Waals surface area contributed by atoms with Gasteiger partial charge in [0.2, 0.25) is 0 Å². The van der Waals surface area contributed by atoms with E-state index in [0.29, 0.717) is 5.16 Å². The molecule has 1 atom stereocenters. The number of carbonyl (C=O) groups excluding carboxylic acids is 1. The molecule has 4 rings (SSSR count). The number of esters is 1. The van der Waals surface area contributed by atoms with Gasteiger partial charge in [-0.2, -0.15) is 0 Å². The summed E-state index contributed by atoms with van der Waals surface area (Å²) in [6.07, 6.45) is 9.81. The lowest BCUT2D eigenvalue weighted by Crippen LogP contribution is -2.26. The molecule has 1 N–H and O–H groups in total. The molecule has 7 heteroatoms. The first-order valence-electron chi connectivity index (χ1n) is 9.53. The number of rotatable bonds is 4. The van der Waals surface area contributed by atoms with Crippen LogP contribution >= 0.6 is 23.1 Å². The lowest BCUT2D eigenvalue weighted by molar-refractivity contribution is -0.149. The summed E-state index contributed by atoms with van der Waals surface area (Å²) in [5.41, 5.74) is 1.11. The van der Waals surface area contributed by atoms with E-state index < -0.39 is 0 Å². The van der Waals surface area contributed by atoms with Gasteiger partial charge in [-0.3, -0.25) is 9.59 Å². The summed E-state index contributed by atoms with van der Waals surface area (Å²) in [7, 11) is 0. The molecular weight excluding hydrogens is 368 g/mol. The molecule has 1 fully saturated rings. The Morgan fingerprint density at radius 2 is 2.00 bits per heavy atom. The maximum absolute atomic E-state index is 12.6. The topological polar surface area (TPSA) is 72.0 Å². The first kappa shape index (κ1) is 18.0. The summed E-state index contributed by atoms with van der Waals surface area (Å²) in [4.78, 5) is 34.5. The highest BCUT2D eigenvalue weighted by Crippen LogP contribution is 2.34. The zero-order chi connectivity index (χ0) is 18.1. The number of carbonyl (C=O) groups is 1. The number of thiophene rings is 1. The van der Waals surface area contributed by atoms with Crippen molar-refractivity contribution in [3.63, 3.8) is 0 Å². The predicted molar refractivity (Wildman–Crippen MR) is 105 cm³/mol. The number of aromatic amines is 1. The second-order valence-electron chi connectivity index (χ2n) is 7.22. The third-order valence-corrected chi connectivity index (χ3v) is 7.41. The molecule has 1 unspecified atom stereocenters. The van der Waals surface area contributed by atoms with Crippen molar-refractivity contribution in [3.8, 4) is 0 Å². The van der Waals surface area contributed by atoms with Crippen molar-refractivity contribution >= 4 is 39.3 Å². The molecule has 0 radical (unpaired) electrons. The molecule has 0 saturated heterocycles. The highest BCUT2D eigenvalue weighted by atomic mass is 32.2. The Hall–Kier alpha value is -1.34. The van der Waals surface area contributed by atoms with E-state index in [2.05, 4.69) is 9.97 Å². The first-order chi connectivity index (χ1) is 12.6. The Labute approximate surface area is 160 Å². The Bertz CT molecular complexity index is 868. The minimum Gasteiger partial charge on any atom is -0.462 e. The lowest BCUT2D eigenvalue weighted by Gasteiger charge is -2.23. The van der Waals surface area contributed by atoms with Crippen LogP contribution in [0.2, 0.25) is 0 Å². The summed E-state index contributed by atoms with van der Waals surface area (Å²) in [6, 6.07) is 0. The minimum absolute atomic E-state index is 0.0535. The molecule has 1 saturated carbocycles. The van der Waals surface area contributed by atoms with Gasteiger partial charge in [-0.15, -0.1) is 11.3 Å². The van der Waals surface area contributed by atoms with Gasteiger partial charge in [0.15, 0.2) is 5.16 Å². The lowest BCUT2D eigenvalue weighted by atomic mass is 9.97. The third kappa shape index (κ3) is 3.69. The van der Waals surface area contributed by atoms with Crippen molar-refractivity contribution in [2.75, 3.05) is 0 Å². The summed E-state index contributed by atoms with van der Waals surface area (Å²) in [6.45, 7) is 1.82. The number of thioether (sulfide) groups is 1. The molecule has 0 aromatic carbocycles. The number of nitrogens with one attached hydrogen (secondary N) is 1. The van der Waals surface area contributed by atoms with Crippen LogP contribution in [0.5, 0.6) is 0 Å². The maximum atomic E-state index is 12.6. The molecule has 2 aromatic heterocycles. The van der Waals surface area contributed by atoms with Crippen LogP contribution in [-0.4, -0.2) is 27.3 Å². The molecule has 140 valence electrons. The van der Waals surface area contributed by atoms with Gasteiger partial charge in [-0.05, 0) is 63.9 Å². The van der Waals surface area contributed by atoms with Gasteiger partial charge in [0.05, 0.1) is 5.39 Å². The SMILES string of the molecule is CC(Sc1nc2sc3c(c2c(=O)[nH]1)CCCC3)C(=O)OC1CCCCC1. The minimum atomic E-state index is -0.382. The molecule has 0 aliphatic heterocycles. The Morgan fingerprint density at radius 1 is 1.23 bits per heavy atom. The maximum Gasteiger partial charge on any atom is 0.319 e. The second kappa shape index (κ2) is 7.72. The van der Waals surface area contributed by atoms with Crippen molar-refractivity contribution in [3.05, 3.63) is 20.8 Å². The Morgan fingerprint density at radius 3 is 2.81 bits per heavy atom. The van der Waals surface area contributed by atoms with E-state index in [9.17, 15) is 9.59 Å². The van der Waals surface area contributed by atoms with E-state index in [1.165, 1.54) is 35.0 Å². The quantitative estimate of drug-likeness (QED) is 0.479. The number of fused-ring (bicyclic) bond motifs is 3. The molecule has 5 nitrogen and oxygen atoms in total. The van der Waals surface area contributed by atoms with Crippen LogP contribution in [0.1, 0.15) is 62.3 Å². The van der Waals surface area contributed by atoms with Crippen LogP contribution in [0, 0.1) is 0 Å². The van der Waals surface area contributed by atoms with Crippen LogP contribution in [-0.2, 0) is 22.4 Å². The van der Waals surface area contributed by atoms with Crippen molar-refractivity contribution in [1.82, 2.24) is 9.97 Å². The van der Waals surface area contributed by atoms with E-state index in [-0.39, 0.29) is 22.9 Å². The highest BCUT2D eigenvalue weighted by molar-refractivity contribution is 8.00. The van der Waals surface area contributed by atoms with Crippen LogP contribution < -0.4 is 5.56 Å². The number of aryl methyl sites for hydroxylation is 2. The number of nitrogens with zero attached hydrogens (tertiary/aromatic N) is 1. The fourth-order valence-corrected chi connectivity index (χ4v) is 5.96. The zero-order valence-electron chi connectivity index (χ0n) is 15.0. The zero-order valence-corrected chi connectivity index (χ0v) is 16.6. The first-order valence-corrected chi connectivity index (χ1v) is 11.2. The van der Waals surface area contributed by atoms with E-state index in [1.807, 2.05) is 6.92 Å². The van der Waals surface area contributed by atoms with Crippen LogP contribution in [0.3, 0.4) is 0 Å². The van der Waals surface area contributed by atoms with Crippen molar-refractivity contribution < 1.29 is 9.53 Å². The van der Waals surface area contributed by atoms with Crippen molar-refractivity contribution in [1.29, 1.82) is 0 Å². The van der Waals surface area contributed by atoms with Gasteiger partial charge >= 0.3 is 5.97 Å². The molecule has 2 heterocycles. The average Bonchev–Trinajstić information content (AvgIpc) is 3.01. The van der Waals surface area contributed by atoms with Crippen LogP contribution in [0.25, 0.3) is 10.2 Å².